The second kappa shape index (κ2) is 7.42. The van der Waals surface area contributed by atoms with Gasteiger partial charge in [-0.2, -0.15) is 0 Å². The van der Waals surface area contributed by atoms with Crippen LogP contribution in [0.15, 0.2) is 48.5 Å². The molecule has 0 aromatic heterocycles. The molecule has 2 aliphatic heterocycles. The Morgan fingerprint density at radius 2 is 1.73 bits per heavy atom. The summed E-state index contributed by atoms with van der Waals surface area (Å²) in [6, 6.07) is 16.7. The van der Waals surface area contributed by atoms with Crippen LogP contribution in [-0.4, -0.2) is 41.1 Å². The number of likely N-dealkylation sites (tertiary alicyclic amines) is 2. The summed E-state index contributed by atoms with van der Waals surface area (Å²) < 4.78 is 0. The van der Waals surface area contributed by atoms with Crippen LogP contribution in [0, 0.1) is 12.3 Å². The van der Waals surface area contributed by atoms with E-state index in [-0.39, 0.29) is 0 Å². The van der Waals surface area contributed by atoms with Crippen molar-refractivity contribution in [2.75, 3.05) is 26.2 Å². The van der Waals surface area contributed by atoms with Crippen molar-refractivity contribution in [3.8, 4) is 5.75 Å². The summed E-state index contributed by atoms with van der Waals surface area (Å²) >= 11 is 0. The van der Waals surface area contributed by atoms with Crippen LogP contribution in [0.3, 0.4) is 0 Å². The third-order valence-corrected chi connectivity index (χ3v) is 6.13. The average Bonchev–Trinajstić information content (AvgIpc) is 2.99. The zero-order chi connectivity index (χ0) is 18.0. The van der Waals surface area contributed by atoms with Crippen LogP contribution in [0.5, 0.6) is 5.75 Å². The van der Waals surface area contributed by atoms with Gasteiger partial charge in [0.2, 0.25) is 0 Å². The topological polar surface area (TPSA) is 26.7 Å². The molecule has 2 fully saturated rings. The maximum atomic E-state index is 10.1. The molecule has 2 aromatic rings. The van der Waals surface area contributed by atoms with Crippen LogP contribution in [0.1, 0.15) is 36.0 Å². The van der Waals surface area contributed by atoms with Crippen LogP contribution < -0.4 is 0 Å². The Kier molecular flexibility index (Phi) is 5.01. The van der Waals surface area contributed by atoms with E-state index in [4.69, 9.17) is 0 Å². The number of phenolic OH excluding ortho intramolecular Hbond substituents is 1. The number of rotatable bonds is 4. The Balaban J connectivity index is 1.38. The van der Waals surface area contributed by atoms with Gasteiger partial charge in [-0.15, -0.1) is 0 Å². The van der Waals surface area contributed by atoms with Crippen molar-refractivity contribution in [3.63, 3.8) is 0 Å². The Morgan fingerprint density at radius 3 is 2.54 bits per heavy atom. The normalized spacial score (nSPS) is 24.3. The van der Waals surface area contributed by atoms with E-state index in [2.05, 4.69) is 41.0 Å². The second-order valence-corrected chi connectivity index (χ2v) is 8.39. The number of aromatic hydroxyl groups is 1. The van der Waals surface area contributed by atoms with Gasteiger partial charge < -0.3 is 5.11 Å². The summed E-state index contributed by atoms with van der Waals surface area (Å²) in [4.78, 5) is 5.19. The average molecular weight is 351 g/mol. The molecule has 0 amide bonds. The highest BCUT2D eigenvalue weighted by Crippen LogP contribution is 2.40. The van der Waals surface area contributed by atoms with Crippen molar-refractivity contribution in [1.82, 2.24) is 9.80 Å². The van der Waals surface area contributed by atoms with Gasteiger partial charge in [0.1, 0.15) is 5.75 Å². The third kappa shape index (κ3) is 3.94. The molecule has 26 heavy (non-hydrogen) atoms. The Labute approximate surface area is 157 Å². The predicted molar refractivity (Wildman–Crippen MR) is 106 cm³/mol. The van der Waals surface area contributed by atoms with Crippen LogP contribution in [0.2, 0.25) is 0 Å². The van der Waals surface area contributed by atoms with E-state index in [9.17, 15) is 5.11 Å². The van der Waals surface area contributed by atoms with Gasteiger partial charge in [0.15, 0.2) is 0 Å². The van der Waals surface area contributed by atoms with E-state index in [1.54, 1.807) is 6.07 Å². The fourth-order valence-electron chi connectivity index (χ4n) is 4.90. The van der Waals surface area contributed by atoms with E-state index in [1.165, 1.54) is 43.5 Å². The zero-order valence-corrected chi connectivity index (χ0v) is 15.8. The van der Waals surface area contributed by atoms with Gasteiger partial charge in [0.25, 0.3) is 0 Å². The lowest BCUT2D eigenvalue weighted by atomic mass is 9.79. The first-order chi connectivity index (χ1) is 12.6. The molecule has 2 aromatic carbocycles. The molecule has 0 saturated carbocycles. The van der Waals surface area contributed by atoms with Gasteiger partial charge >= 0.3 is 0 Å². The molecule has 1 atom stereocenters. The first kappa shape index (κ1) is 17.6. The highest BCUT2D eigenvalue weighted by Gasteiger charge is 2.41. The van der Waals surface area contributed by atoms with Gasteiger partial charge in [0.05, 0.1) is 0 Å². The summed E-state index contributed by atoms with van der Waals surface area (Å²) in [5, 5.41) is 10.1. The summed E-state index contributed by atoms with van der Waals surface area (Å²) in [7, 11) is 0. The quantitative estimate of drug-likeness (QED) is 0.896. The SMILES string of the molecule is Cc1cccc(CN2CCC[C@]3(CCN(Cc4ccccc4O)C3)C2)c1. The molecular formula is C23H30N2O. The highest BCUT2D eigenvalue weighted by atomic mass is 16.3. The van der Waals surface area contributed by atoms with Crippen LogP contribution >= 0.6 is 0 Å². The van der Waals surface area contributed by atoms with Crippen molar-refractivity contribution in [2.45, 2.75) is 39.3 Å². The van der Waals surface area contributed by atoms with E-state index in [0.29, 0.717) is 11.2 Å². The Bertz CT molecular complexity index is 759. The molecule has 0 radical (unpaired) electrons. The Hall–Kier alpha value is -1.84. The number of phenols is 1. The molecule has 1 N–H and O–H groups in total. The molecule has 1 spiro atoms. The van der Waals surface area contributed by atoms with Crippen LogP contribution in [0.25, 0.3) is 0 Å². The molecule has 2 heterocycles. The minimum absolute atomic E-state index is 0.429. The standard InChI is InChI=1S/C23H30N2O/c1-19-6-4-7-20(14-19)15-24-12-5-10-23(17-24)11-13-25(18-23)16-21-8-2-3-9-22(21)26/h2-4,6-9,14,26H,5,10-13,15-18H2,1H3/t23-/m0/s1. The number of benzene rings is 2. The zero-order valence-electron chi connectivity index (χ0n) is 15.8. The molecule has 0 aliphatic carbocycles. The summed E-state index contributed by atoms with van der Waals surface area (Å²) in [6.07, 6.45) is 3.93. The molecule has 4 rings (SSSR count). The van der Waals surface area contributed by atoms with E-state index in [0.717, 1.165) is 31.7 Å². The minimum Gasteiger partial charge on any atom is -0.508 e. The first-order valence-corrected chi connectivity index (χ1v) is 9.89. The number of nitrogens with zero attached hydrogens (tertiary/aromatic N) is 2. The number of para-hydroxylation sites is 1. The number of aryl methyl sites for hydroxylation is 1. The van der Waals surface area contributed by atoms with E-state index < -0.39 is 0 Å². The van der Waals surface area contributed by atoms with E-state index in [1.807, 2.05) is 18.2 Å². The largest absolute Gasteiger partial charge is 0.508 e. The molecule has 0 bridgehead atoms. The van der Waals surface area contributed by atoms with Gasteiger partial charge in [-0.1, -0.05) is 48.0 Å². The number of hydrogen-bond acceptors (Lipinski definition) is 3. The fraction of sp³-hybridized carbons (Fsp3) is 0.478. The molecule has 2 aliphatic rings. The highest BCUT2D eigenvalue weighted by molar-refractivity contribution is 5.31. The first-order valence-electron chi connectivity index (χ1n) is 9.89. The molecule has 3 heteroatoms. The maximum absolute atomic E-state index is 10.1. The lowest BCUT2D eigenvalue weighted by Gasteiger charge is -2.40. The fourth-order valence-corrected chi connectivity index (χ4v) is 4.90. The van der Waals surface area contributed by atoms with Crippen molar-refractivity contribution in [2.24, 2.45) is 5.41 Å². The van der Waals surface area contributed by atoms with Crippen molar-refractivity contribution in [3.05, 3.63) is 65.2 Å². The lowest BCUT2D eigenvalue weighted by molar-refractivity contribution is 0.0865. The number of piperidine rings is 1. The lowest BCUT2D eigenvalue weighted by Crippen LogP contribution is -2.44. The molecule has 138 valence electrons. The molecule has 3 nitrogen and oxygen atoms in total. The minimum atomic E-state index is 0.429. The molecular weight excluding hydrogens is 320 g/mol. The van der Waals surface area contributed by atoms with Crippen molar-refractivity contribution < 1.29 is 5.11 Å². The summed E-state index contributed by atoms with van der Waals surface area (Å²) in [6.45, 7) is 8.84. The summed E-state index contributed by atoms with van der Waals surface area (Å²) in [5.41, 5.74) is 4.28. The van der Waals surface area contributed by atoms with Crippen molar-refractivity contribution >= 4 is 0 Å². The monoisotopic (exact) mass is 350 g/mol. The van der Waals surface area contributed by atoms with Gasteiger partial charge in [0, 0.05) is 31.7 Å². The molecule has 2 saturated heterocycles. The third-order valence-electron chi connectivity index (χ3n) is 6.13. The van der Waals surface area contributed by atoms with Crippen molar-refractivity contribution in [1.29, 1.82) is 0 Å². The number of hydrogen-bond donors (Lipinski definition) is 1. The van der Waals surface area contributed by atoms with Gasteiger partial charge in [-0.25, -0.2) is 0 Å². The maximum Gasteiger partial charge on any atom is 0.120 e. The smallest absolute Gasteiger partial charge is 0.120 e. The predicted octanol–water partition coefficient (Wildman–Crippen LogP) is 4.19. The Morgan fingerprint density at radius 1 is 0.923 bits per heavy atom. The van der Waals surface area contributed by atoms with Crippen LogP contribution in [-0.2, 0) is 13.1 Å². The summed E-state index contributed by atoms with van der Waals surface area (Å²) in [5.74, 6) is 0.429. The van der Waals surface area contributed by atoms with E-state index >= 15 is 0 Å². The molecule has 0 unspecified atom stereocenters. The van der Waals surface area contributed by atoms with Gasteiger partial charge in [-0.05, 0) is 56.3 Å². The van der Waals surface area contributed by atoms with Crippen LogP contribution in [0.4, 0.5) is 0 Å². The second-order valence-electron chi connectivity index (χ2n) is 8.39. The van der Waals surface area contributed by atoms with Gasteiger partial charge in [-0.3, -0.25) is 9.80 Å².